The third kappa shape index (κ3) is 1.92. The standard InChI is InChI=1S/C17H15FN2OS/c1-20-16-14(11-7-3-5-9-13(11)22-16)15(19-17(20)21)10-6-2-4-8-12(10)18/h2,4,6,8H,3,5,7,9H2,1H3. The number of nitrogens with zero attached hydrogens (tertiary/aromatic N) is 2. The minimum absolute atomic E-state index is 0.329. The van der Waals surface area contributed by atoms with Gasteiger partial charge in [-0.1, -0.05) is 12.1 Å². The maximum Gasteiger partial charge on any atom is 0.348 e. The maximum absolute atomic E-state index is 14.2. The maximum atomic E-state index is 14.2. The van der Waals surface area contributed by atoms with Crippen LogP contribution in [0, 0.1) is 5.82 Å². The van der Waals surface area contributed by atoms with Crippen molar-refractivity contribution in [3.05, 3.63) is 51.0 Å². The molecule has 0 fully saturated rings. The van der Waals surface area contributed by atoms with E-state index in [1.807, 2.05) is 0 Å². The lowest BCUT2D eigenvalue weighted by atomic mass is 9.95. The molecule has 112 valence electrons. The highest BCUT2D eigenvalue weighted by atomic mass is 32.1. The molecule has 0 unspecified atom stereocenters. The zero-order valence-corrected chi connectivity index (χ0v) is 13.0. The second kappa shape index (κ2) is 5.02. The topological polar surface area (TPSA) is 34.9 Å². The molecule has 3 aromatic rings. The molecule has 0 atom stereocenters. The van der Waals surface area contributed by atoms with Crippen LogP contribution in [0.4, 0.5) is 4.39 Å². The molecule has 4 rings (SSSR count). The fourth-order valence-electron chi connectivity index (χ4n) is 3.19. The smallest absolute Gasteiger partial charge is 0.286 e. The van der Waals surface area contributed by atoms with Gasteiger partial charge in [-0.25, -0.2) is 9.18 Å². The van der Waals surface area contributed by atoms with E-state index in [2.05, 4.69) is 4.98 Å². The Kier molecular flexibility index (Phi) is 3.11. The number of benzene rings is 1. The van der Waals surface area contributed by atoms with Crippen molar-refractivity contribution in [1.82, 2.24) is 9.55 Å². The molecule has 0 aliphatic heterocycles. The van der Waals surface area contributed by atoms with E-state index in [4.69, 9.17) is 0 Å². The molecule has 0 amide bonds. The number of hydrogen-bond acceptors (Lipinski definition) is 3. The molecule has 3 nitrogen and oxygen atoms in total. The summed E-state index contributed by atoms with van der Waals surface area (Å²) in [4.78, 5) is 18.6. The van der Waals surface area contributed by atoms with Crippen molar-refractivity contribution in [2.24, 2.45) is 7.05 Å². The molecule has 22 heavy (non-hydrogen) atoms. The first kappa shape index (κ1) is 13.6. The van der Waals surface area contributed by atoms with E-state index in [1.165, 1.54) is 22.9 Å². The Labute approximate surface area is 131 Å². The Morgan fingerprint density at radius 2 is 2.00 bits per heavy atom. The number of rotatable bonds is 1. The number of hydrogen-bond donors (Lipinski definition) is 0. The molecular formula is C17H15FN2OS. The summed E-state index contributed by atoms with van der Waals surface area (Å²) < 4.78 is 15.8. The fourth-order valence-corrected chi connectivity index (χ4v) is 4.54. The van der Waals surface area contributed by atoms with Gasteiger partial charge in [-0.15, -0.1) is 11.3 Å². The van der Waals surface area contributed by atoms with Crippen LogP contribution in [0.1, 0.15) is 23.3 Å². The molecule has 5 heteroatoms. The van der Waals surface area contributed by atoms with E-state index in [0.717, 1.165) is 29.5 Å². The van der Waals surface area contributed by atoms with Crippen molar-refractivity contribution >= 4 is 21.6 Å². The van der Waals surface area contributed by atoms with E-state index in [0.29, 0.717) is 11.3 Å². The molecule has 0 radical (unpaired) electrons. The van der Waals surface area contributed by atoms with E-state index in [9.17, 15) is 9.18 Å². The van der Waals surface area contributed by atoms with Gasteiger partial charge in [0.2, 0.25) is 0 Å². The summed E-state index contributed by atoms with van der Waals surface area (Å²) in [7, 11) is 1.74. The van der Waals surface area contributed by atoms with Gasteiger partial charge in [0.15, 0.2) is 0 Å². The van der Waals surface area contributed by atoms with Gasteiger partial charge in [-0.3, -0.25) is 4.57 Å². The Balaban J connectivity index is 2.15. The van der Waals surface area contributed by atoms with Gasteiger partial charge in [0, 0.05) is 22.9 Å². The van der Waals surface area contributed by atoms with Gasteiger partial charge in [0.05, 0.1) is 5.69 Å². The summed E-state index contributed by atoms with van der Waals surface area (Å²) in [5.41, 5.74) is 1.84. The molecule has 1 aliphatic rings. The molecule has 0 N–H and O–H groups in total. The molecule has 1 aromatic carbocycles. The van der Waals surface area contributed by atoms with Crippen molar-refractivity contribution in [3.63, 3.8) is 0 Å². The van der Waals surface area contributed by atoms with Crippen LogP contribution < -0.4 is 5.69 Å². The molecule has 0 spiro atoms. The molecule has 0 saturated heterocycles. The second-order valence-corrected chi connectivity index (χ2v) is 6.76. The van der Waals surface area contributed by atoms with Crippen LogP contribution in [-0.2, 0) is 19.9 Å². The Bertz CT molecular complexity index is 942. The lowest BCUT2D eigenvalue weighted by Crippen LogP contribution is -2.20. The van der Waals surface area contributed by atoms with Crippen LogP contribution in [0.3, 0.4) is 0 Å². The average Bonchev–Trinajstić information content (AvgIpc) is 2.91. The largest absolute Gasteiger partial charge is 0.348 e. The number of aromatic nitrogens is 2. The van der Waals surface area contributed by atoms with Gasteiger partial charge >= 0.3 is 5.69 Å². The highest BCUT2D eigenvalue weighted by Gasteiger charge is 2.23. The van der Waals surface area contributed by atoms with Gasteiger partial charge in [-0.05, 0) is 43.4 Å². The van der Waals surface area contributed by atoms with E-state index in [-0.39, 0.29) is 11.5 Å². The predicted octanol–water partition coefficient (Wildman–Crippen LogP) is 3.68. The minimum atomic E-state index is -0.333. The Hall–Kier alpha value is -2.01. The molecule has 2 aromatic heterocycles. The summed E-state index contributed by atoms with van der Waals surface area (Å²) in [6, 6.07) is 6.55. The average molecular weight is 314 g/mol. The number of fused-ring (bicyclic) bond motifs is 3. The first-order chi connectivity index (χ1) is 10.7. The van der Waals surface area contributed by atoms with Crippen LogP contribution in [0.25, 0.3) is 21.5 Å². The summed E-state index contributed by atoms with van der Waals surface area (Å²) in [6.07, 6.45) is 4.34. The summed E-state index contributed by atoms with van der Waals surface area (Å²) in [5, 5.41) is 0.965. The van der Waals surface area contributed by atoms with E-state index < -0.39 is 0 Å². The van der Waals surface area contributed by atoms with Crippen LogP contribution in [-0.4, -0.2) is 9.55 Å². The van der Waals surface area contributed by atoms with Crippen LogP contribution >= 0.6 is 11.3 Å². The first-order valence-corrected chi connectivity index (χ1v) is 8.24. The zero-order valence-electron chi connectivity index (χ0n) is 12.2. The quantitative estimate of drug-likeness (QED) is 0.687. The van der Waals surface area contributed by atoms with Crippen molar-refractivity contribution in [2.75, 3.05) is 0 Å². The van der Waals surface area contributed by atoms with Crippen molar-refractivity contribution < 1.29 is 4.39 Å². The fraction of sp³-hybridized carbons (Fsp3) is 0.294. The zero-order chi connectivity index (χ0) is 15.3. The van der Waals surface area contributed by atoms with Crippen molar-refractivity contribution in [2.45, 2.75) is 25.7 Å². The van der Waals surface area contributed by atoms with Crippen LogP contribution in [0.15, 0.2) is 29.1 Å². The lowest BCUT2D eigenvalue weighted by Gasteiger charge is -2.12. The normalized spacial score (nSPS) is 14.3. The summed E-state index contributed by atoms with van der Waals surface area (Å²) in [6.45, 7) is 0. The van der Waals surface area contributed by atoms with Gasteiger partial charge < -0.3 is 0 Å². The van der Waals surface area contributed by atoms with Gasteiger partial charge in [0.25, 0.3) is 0 Å². The second-order valence-electron chi connectivity index (χ2n) is 5.67. The highest BCUT2D eigenvalue weighted by Crippen LogP contribution is 2.40. The molecule has 1 aliphatic carbocycles. The molecule has 0 bridgehead atoms. The monoisotopic (exact) mass is 314 g/mol. The lowest BCUT2D eigenvalue weighted by molar-refractivity contribution is 0.630. The van der Waals surface area contributed by atoms with E-state index in [1.54, 1.807) is 41.2 Å². The molecular weight excluding hydrogens is 299 g/mol. The van der Waals surface area contributed by atoms with Crippen molar-refractivity contribution in [1.29, 1.82) is 0 Å². The van der Waals surface area contributed by atoms with Crippen LogP contribution in [0.2, 0.25) is 0 Å². The summed E-state index contributed by atoms with van der Waals surface area (Å²) in [5.74, 6) is -0.333. The van der Waals surface area contributed by atoms with Crippen LogP contribution in [0.5, 0.6) is 0 Å². The SMILES string of the molecule is Cn1c(=O)nc(-c2ccccc2F)c2c3c(sc21)CCCC3. The number of halogens is 1. The third-order valence-corrected chi connectivity index (χ3v) is 5.69. The third-order valence-electron chi connectivity index (χ3n) is 4.32. The van der Waals surface area contributed by atoms with Gasteiger partial charge in [0.1, 0.15) is 10.6 Å². The Morgan fingerprint density at radius 1 is 1.23 bits per heavy atom. The Morgan fingerprint density at radius 3 is 2.82 bits per heavy atom. The molecule has 2 heterocycles. The van der Waals surface area contributed by atoms with E-state index >= 15 is 0 Å². The predicted molar refractivity (Wildman–Crippen MR) is 86.9 cm³/mol. The van der Waals surface area contributed by atoms with Gasteiger partial charge in [-0.2, -0.15) is 4.98 Å². The highest BCUT2D eigenvalue weighted by molar-refractivity contribution is 7.19. The first-order valence-electron chi connectivity index (χ1n) is 7.43. The molecule has 0 saturated carbocycles. The number of aryl methyl sites for hydroxylation is 3. The number of thiophene rings is 1. The minimum Gasteiger partial charge on any atom is -0.286 e. The summed E-state index contributed by atoms with van der Waals surface area (Å²) >= 11 is 1.66. The van der Waals surface area contributed by atoms with Crippen molar-refractivity contribution in [3.8, 4) is 11.3 Å².